The fraction of sp³-hybridized carbons (Fsp3) is 0.385. The van der Waals surface area contributed by atoms with Crippen LogP contribution in [0.15, 0.2) is 30.3 Å². The number of esters is 1. The Kier molecular flexibility index (Phi) is 6.01. The van der Waals surface area contributed by atoms with Crippen LogP contribution in [0.2, 0.25) is 0 Å². The summed E-state index contributed by atoms with van der Waals surface area (Å²) in [4.78, 5) is 22.5. The molecule has 5 nitrogen and oxygen atoms in total. The minimum atomic E-state index is -4.96. The van der Waals surface area contributed by atoms with E-state index in [1.807, 2.05) is 0 Å². The van der Waals surface area contributed by atoms with Gasteiger partial charge < -0.3 is 9.47 Å². The van der Waals surface area contributed by atoms with E-state index >= 15 is 0 Å². The highest BCUT2D eigenvalue weighted by atomic mass is 19.4. The lowest BCUT2D eigenvalue weighted by molar-refractivity contribution is -0.183. The van der Waals surface area contributed by atoms with Crippen LogP contribution < -0.4 is 5.32 Å². The number of benzene rings is 1. The Hall–Kier alpha value is -2.25. The van der Waals surface area contributed by atoms with Crippen LogP contribution in [0.3, 0.4) is 0 Å². The molecule has 0 bridgehead atoms. The van der Waals surface area contributed by atoms with Gasteiger partial charge in [-0.15, -0.1) is 0 Å². The summed E-state index contributed by atoms with van der Waals surface area (Å²) in [6, 6.07) is 5.64. The number of halogens is 3. The molecule has 1 N–H and O–H groups in total. The first kappa shape index (κ1) is 16.8. The second-order valence-corrected chi connectivity index (χ2v) is 3.93. The first-order valence-corrected chi connectivity index (χ1v) is 6.05. The molecule has 0 heterocycles. The smallest absolute Gasteiger partial charge is 0.419 e. The maximum absolute atomic E-state index is 12.6. The van der Waals surface area contributed by atoms with Crippen LogP contribution in [0.5, 0.6) is 0 Å². The summed E-state index contributed by atoms with van der Waals surface area (Å²) in [6.07, 6.45) is -6.31. The van der Waals surface area contributed by atoms with E-state index in [0.717, 1.165) is 0 Å². The lowest BCUT2D eigenvalue weighted by atomic mass is 10.2. The molecule has 0 saturated heterocycles. The van der Waals surface area contributed by atoms with E-state index in [2.05, 4.69) is 9.47 Å². The number of carbonyl (C=O) groups is 2. The number of amides is 1. The summed E-state index contributed by atoms with van der Waals surface area (Å²) in [5.41, 5.74) is 0.604. The Morgan fingerprint density at radius 3 is 2.33 bits per heavy atom. The van der Waals surface area contributed by atoms with Crippen molar-refractivity contribution >= 4 is 12.1 Å². The number of carbonyl (C=O) groups excluding carboxylic acids is 2. The van der Waals surface area contributed by atoms with Gasteiger partial charge in [0.25, 0.3) is 0 Å². The van der Waals surface area contributed by atoms with Gasteiger partial charge in [-0.1, -0.05) is 30.3 Å². The molecule has 0 aliphatic heterocycles. The van der Waals surface area contributed by atoms with Crippen LogP contribution in [0, 0.1) is 0 Å². The molecule has 8 heteroatoms. The number of ether oxygens (including phenoxy) is 2. The predicted octanol–water partition coefficient (Wildman–Crippen LogP) is 2.41. The number of rotatable bonds is 5. The molecule has 1 atom stereocenters. The topological polar surface area (TPSA) is 64.6 Å². The zero-order chi connectivity index (χ0) is 15.9. The summed E-state index contributed by atoms with van der Waals surface area (Å²) < 4.78 is 46.8. The van der Waals surface area contributed by atoms with Crippen molar-refractivity contribution in [3.63, 3.8) is 0 Å². The highest BCUT2D eigenvalue weighted by Crippen LogP contribution is 2.21. The van der Waals surface area contributed by atoms with Gasteiger partial charge in [0.05, 0.1) is 6.61 Å². The van der Waals surface area contributed by atoms with Gasteiger partial charge in [0.2, 0.25) is 6.04 Å². The summed E-state index contributed by atoms with van der Waals surface area (Å²) in [6.45, 7) is 0.922. The largest absolute Gasteiger partial charge is 0.464 e. The van der Waals surface area contributed by atoms with Crippen molar-refractivity contribution in [1.29, 1.82) is 0 Å². The number of hydrogen-bond donors (Lipinski definition) is 1. The zero-order valence-electron chi connectivity index (χ0n) is 11.1. The van der Waals surface area contributed by atoms with Gasteiger partial charge in [-0.05, 0) is 12.5 Å². The molecule has 1 aromatic carbocycles. The van der Waals surface area contributed by atoms with Crippen molar-refractivity contribution in [3.05, 3.63) is 35.9 Å². The van der Waals surface area contributed by atoms with Crippen LogP contribution in [-0.4, -0.2) is 30.9 Å². The van der Waals surface area contributed by atoms with E-state index in [1.165, 1.54) is 12.2 Å². The molecule has 0 saturated carbocycles. The molecular formula is C13H14F3NO4. The Morgan fingerprint density at radius 2 is 1.81 bits per heavy atom. The fourth-order valence-corrected chi connectivity index (χ4v) is 1.38. The summed E-state index contributed by atoms with van der Waals surface area (Å²) in [7, 11) is 0. The van der Waals surface area contributed by atoms with Crippen molar-refractivity contribution in [3.8, 4) is 0 Å². The molecule has 0 spiro atoms. The van der Waals surface area contributed by atoms with Crippen molar-refractivity contribution in [2.75, 3.05) is 6.61 Å². The number of alkyl carbamates (subject to hydrolysis) is 1. The Balaban J connectivity index is 2.58. The molecule has 1 aromatic rings. The van der Waals surface area contributed by atoms with Gasteiger partial charge in [-0.2, -0.15) is 13.2 Å². The maximum Gasteiger partial charge on any atom is 0.419 e. The van der Waals surface area contributed by atoms with Crippen LogP contribution >= 0.6 is 0 Å². The molecule has 1 amide bonds. The predicted molar refractivity (Wildman–Crippen MR) is 66.2 cm³/mol. The normalized spacial score (nSPS) is 12.4. The first-order chi connectivity index (χ1) is 9.84. The third kappa shape index (κ3) is 5.72. The maximum atomic E-state index is 12.6. The second-order valence-electron chi connectivity index (χ2n) is 3.93. The molecule has 0 fully saturated rings. The van der Waals surface area contributed by atoms with E-state index in [1.54, 1.807) is 30.3 Å². The van der Waals surface area contributed by atoms with Crippen molar-refractivity contribution in [2.45, 2.75) is 25.7 Å². The summed E-state index contributed by atoms with van der Waals surface area (Å²) in [5.74, 6) is -1.58. The minimum Gasteiger partial charge on any atom is -0.464 e. The molecule has 0 aliphatic carbocycles. The average Bonchev–Trinajstić information content (AvgIpc) is 2.42. The van der Waals surface area contributed by atoms with E-state index in [4.69, 9.17) is 0 Å². The number of hydrogen-bond acceptors (Lipinski definition) is 4. The SMILES string of the molecule is CCOC(=O)[C@@H](NC(=O)OCc1ccccc1)C(F)(F)F. The Labute approximate surface area is 119 Å². The number of nitrogens with one attached hydrogen (secondary N) is 1. The third-order valence-electron chi connectivity index (χ3n) is 2.32. The van der Waals surface area contributed by atoms with Crippen LogP contribution in [0.4, 0.5) is 18.0 Å². The van der Waals surface area contributed by atoms with Crippen molar-refractivity contribution in [1.82, 2.24) is 5.32 Å². The quantitative estimate of drug-likeness (QED) is 0.848. The van der Waals surface area contributed by atoms with Gasteiger partial charge in [-0.25, -0.2) is 9.59 Å². The zero-order valence-corrected chi connectivity index (χ0v) is 11.1. The summed E-state index contributed by atoms with van der Waals surface area (Å²) in [5, 5.41) is 1.45. The Morgan fingerprint density at radius 1 is 1.19 bits per heavy atom. The molecule has 0 radical (unpaired) electrons. The van der Waals surface area contributed by atoms with Gasteiger partial charge in [0.15, 0.2) is 0 Å². The lowest BCUT2D eigenvalue weighted by Gasteiger charge is -2.19. The van der Waals surface area contributed by atoms with E-state index in [0.29, 0.717) is 5.56 Å². The minimum absolute atomic E-state index is 0.208. The van der Waals surface area contributed by atoms with Gasteiger partial charge in [0, 0.05) is 0 Å². The monoisotopic (exact) mass is 305 g/mol. The molecule has 116 valence electrons. The third-order valence-corrected chi connectivity index (χ3v) is 2.32. The summed E-state index contributed by atoms with van der Waals surface area (Å²) >= 11 is 0. The average molecular weight is 305 g/mol. The van der Waals surface area contributed by atoms with Gasteiger partial charge in [0.1, 0.15) is 6.61 Å². The molecule has 0 aliphatic rings. The standard InChI is InChI=1S/C13H14F3NO4/c1-2-20-11(18)10(13(14,15)16)17-12(19)21-8-9-6-4-3-5-7-9/h3-7,10H,2,8H2,1H3,(H,17,19)/t10-/m1/s1. The van der Waals surface area contributed by atoms with Crippen LogP contribution in [0.1, 0.15) is 12.5 Å². The van der Waals surface area contributed by atoms with Crippen molar-refractivity contribution < 1.29 is 32.2 Å². The van der Waals surface area contributed by atoms with E-state index < -0.39 is 24.3 Å². The molecule has 0 unspecified atom stereocenters. The first-order valence-electron chi connectivity index (χ1n) is 6.05. The molecule has 0 aromatic heterocycles. The second kappa shape index (κ2) is 7.51. The molecular weight excluding hydrogens is 291 g/mol. The number of alkyl halides is 3. The van der Waals surface area contributed by atoms with E-state index in [9.17, 15) is 22.8 Å². The molecule has 1 rings (SSSR count). The van der Waals surface area contributed by atoms with Gasteiger partial charge in [-0.3, -0.25) is 5.32 Å². The van der Waals surface area contributed by atoms with Crippen LogP contribution in [-0.2, 0) is 20.9 Å². The fourth-order valence-electron chi connectivity index (χ4n) is 1.38. The Bertz CT molecular complexity index is 476. The highest BCUT2D eigenvalue weighted by Gasteiger charge is 2.47. The lowest BCUT2D eigenvalue weighted by Crippen LogP contribution is -2.51. The highest BCUT2D eigenvalue weighted by molar-refractivity contribution is 5.82. The van der Waals surface area contributed by atoms with E-state index in [-0.39, 0.29) is 13.2 Å². The van der Waals surface area contributed by atoms with Gasteiger partial charge >= 0.3 is 18.2 Å². The van der Waals surface area contributed by atoms with Crippen LogP contribution in [0.25, 0.3) is 0 Å². The molecule has 21 heavy (non-hydrogen) atoms. The van der Waals surface area contributed by atoms with Crippen molar-refractivity contribution in [2.24, 2.45) is 0 Å².